The van der Waals surface area contributed by atoms with E-state index in [1.807, 2.05) is 44.2 Å². The minimum Gasteiger partial charge on any atom is -0.465 e. The molecule has 3 rings (SSSR count). The van der Waals surface area contributed by atoms with Crippen molar-refractivity contribution >= 4 is 40.0 Å². The molecule has 2 heterocycles. The van der Waals surface area contributed by atoms with E-state index in [1.54, 1.807) is 6.20 Å². The predicted octanol–water partition coefficient (Wildman–Crippen LogP) is 3.46. The summed E-state index contributed by atoms with van der Waals surface area (Å²) in [5.41, 5.74) is 2.90. The molecule has 0 saturated carbocycles. The van der Waals surface area contributed by atoms with Gasteiger partial charge in [-0.2, -0.15) is 0 Å². The lowest BCUT2D eigenvalue weighted by molar-refractivity contribution is -0.113. The fraction of sp³-hybridized carbons (Fsp3) is 0.211. The van der Waals surface area contributed by atoms with Crippen molar-refractivity contribution in [1.82, 2.24) is 9.66 Å². The highest BCUT2D eigenvalue weighted by atomic mass is 32.2. The van der Waals surface area contributed by atoms with E-state index in [0.29, 0.717) is 15.7 Å². The van der Waals surface area contributed by atoms with Gasteiger partial charge in [0.05, 0.1) is 30.3 Å². The Labute approximate surface area is 170 Å². The summed E-state index contributed by atoms with van der Waals surface area (Å²) in [5, 5.41) is 3.82. The number of aromatic nitrogens is 2. The molecule has 0 saturated heterocycles. The molecule has 0 fully saturated rings. The third-order valence-corrected chi connectivity index (χ3v) is 6.22. The first-order valence-corrected chi connectivity index (χ1v) is 10.2. The average Bonchev–Trinajstić information content (AvgIpc) is 3.19. The van der Waals surface area contributed by atoms with Crippen LogP contribution in [0.5, 0.6) is 0 Å². The normalized spacial score (nSPS) is 10.7. The average molecular weight is 417 g/mol. The van der Waals surface area contributed by atoms with Crippen LogP contribution in [0.2, 0.25) is 0 Å². The van der Waals surface area contributed by atoms with E-state index in [-0.39, 0.29) is 11.7 Å². The van der Waals surface area contributed by atoms with Gasteiger partial charge in [0.2, 0.25) is 5.91 Å². The van der Waals surface area contributed by atoms with Crippen LogP contribution < -0.4 is 11.2 Å². The van der Waals surface area contributed by atoms with E-state index < -0.39 is 5.97 Å². The van der Waals surface area contributed by atoms with Crippen molar-refractivity contribution in [3.8, 4) is 11.3 Å². The van der Waals surface area contributed by atoms with Crippen LogP contribution in [0, 0.1) is 13.8 Å². The zero-order chi connectivity index (χ0) is 20.3. The molecule has 28 heavy (non-hydrogen) atoms. The van der Waals surface area contributed by atoms with Gasteiger partial charge in [-0.1, -0.05) is 42.1 Å². The second-order valence-electron chi connectivity index (χ2n) is 6.00. The van der Waals surface area contributed by atoms with E-state index in [0.717, 1.165) is 21.7 Å². The number of imidazole rings is 1. The lowest BCUT2D eigenvalue weighted by Crippen LogP contribution is -2.17. The molecule has 0 aliphatic rings. The maximum absolute atomic E-state index is 12.4. The van der Waals surface area contributed by atoms with Crippen molar-refractivity contribution < 1.29 is 14.3 Å². The molecule has 0 aliphatic carbocycles. The van der Waals surface area contributed by atoms with Gasteiger partial charge < -0.3 is 15.9 Å². The second kappa shape index (κ2) is 8.49. The zero-order valence-electron chi connectivity index (χ0n) is 15.7. The summed E-state index contributed by atoms with van der Waals surface area (Å²) in [7, 11) is 1.32. The fourth-order valence-electron chi connectivity index (χ4n) is 2.59. The van der Waals surface area contributed by atoms with Gasteiger partial charge in [-0.15, -0.1) is 11.3 Å². The number of amides is 1. The number of nitrogens with two attached hydrogens (primary N) is 1. The topological polar surface area (TPSA) is 99.2 Å². The molecule has 0 unspecified atom stereocenters. The van der Waals surface area contributed by atoms with Gasteiger partial charge in [-0.25, -0.2) is 14.5 Å². The Morgan fingerprint density at radius 3 is 2.68 bits per heavy atom. The number of hydrogen-bond acceptors (Lipinski definition) is 7. The maximum atomic E-state index is 12.4. The number of thioether (sulfide) groups is 1. The van der Waals surface area contributed by atoms with Crippen molar-refractivity contribution in [2.24, 2.45) is 0 Å². The van der Waals surface area contributed by atoms with Crippen LogP contribution in [0.4, 0.5) is 5.00 Å². The molecule has 0 spiro atoms. The quantitative estimate of drug-likeness (QED) is 0.363. The number of ether oxygens (including phenoxy) is 1. The molecule has 9 heteroatoms. The SMILES string of the molecule is COC(=O)c1c(NC(=O)CSc2nc(-c3ccccc3)cn2N)sc(C)c1C. The number of carbonyl (C=O) groups excluding carboxylic acids is 2. The Balaban J connectivity index is 1.68. The number of nitrogens with zero attached hydrogens (tertiary/aromatic N) is 2. The molecule has 2 aromatic heterocycles. The minimum atomic E-state index is -0.463. The number of hydrogen-bond donors (Lipinski definition) is 2. The molecular formula is C19H20N4O3S2. The van der Waals surface area contributed by atoms with E-state index in [2.05, 4.69) is 10.3 Å². The first-order chi connectivity index (χ1) is 13.4. The highest BCUT2D eigenvalue weighted by Crippen LogP contribution is 2.33. The first kappa shape index (κ1) is 20.0. The van der Waals surface area contributed by atoms with E-state index >= 15 is 0 Å². The van der Waals surface area contributed by atoms with Crippen LogP contribution in [-0.2, 0) is 9.53 Å². The third-order valence-electron chi connectivity index (χ3n) is 4.13. The van der Waals surface area contributed by atoms with E-state index in [1.165, 1.54) is 34.9 Å². The molecule has 0 atom stereocenters. The molecule has 0 aliphatic heterocycles. The molecular weight excluding hydrogens is 396 g/mol. The summed E-state index contributed by atoms with van der Waals surface area (Å²) in [5.74, 6) is 5.36. The molecule has 0 radical (unpaired) electrons. The lowest BCUT2D eigenvalue weighted by Gasteiger charge is -2.06. The summed E-state index contributed by atoms with van der Waals surface area (Å²) in [6, 6.07) is 9.67. The van der Waals surface area contributed by atoms with Crippen molar-refractivity contribution in [1.29, 1.82) is 0 Å². The van der Waals surface area contributed by atoms with Gasteiger partial charge in [0.1, 0.15) is 5.00 Å². The first-order valence-electron chi connectivity index (χ1n) is 8.41. The number of thiophene rings is 1. The number of methoxy groups -OCH3 is 1. The van der Waals surface area contributed by atoms with Crippen molar-refractivity contribution in [2.75, 3.05) is 24.0 Å². The number of nitrogen functional groups attached to an aromatic ring is 1. The van der Waals surface area contributed by atoms with Crippen molar-refractivity contribution in [3.63, 3.8) is 0 Å². The molecule has 7 nitrogen and oxygen atoms in total. The lowest BCUT2D eigenvalue weighted by atomic mass is 10.1. The van der Waals surface area contributed by atoms with Crippen molar-refractivity contribution in [2.45, 2.75) is 19.0 Å². The van der Waals surface area contributed by atoms with Crippen LogP contribution in [-0.4, -0.2) is 34.4 Å². The Kier molecular flexibility index (Phi) is 6.05. The standard InChI is InChI=1S/C19H20N4O3S2/c1-11-12(2)28-17(16(11)18(25)26-3)22-15(24)10-27-19-21-14(9-23(19)20)13-7-5-4-6-8-13/h4-9H,10,20H2,1-3H3,(H,22,24). The van der Waals surface area contributed by atoms with Gasteiger partial charge in [-0.05, 0) is 19.4 Å². The predicted molar refractivity (Wildman–Crippen MR) is 112 cm³/mol. The van der Waals surface area contributed by atoms with Crippen LogP contribution in [0.25, 0.3) is 11.3 Å². The van der Waals surface area contributed by atoms with Gasteiger partial charge in [-0.3, -0.25) is 4.79 Å². The number of nitrogens with one attached hydrogen (secondary N) is 1. The number of benzene rings is 1. The molecule has 0 bridgehead atoms. The highest BCUT2D eigenvalue weighted by molar-refractivity contribution is 7.99. The number of rotatable bonds is 6. The van der Waals surface area contributed by atoms with Crippen LogP contribution in [0.1, 0.15) is 20.8 Å². The molecule has 3 aromatic rings. The van der Waals surface area contributed by atoms with Crippen LogP contribution >= 0.6 is 23.1 Å². The maximum Gasteiger partial charge on any atom is 0.341 e. The third kappa shape index (κ3) is 4.20. The highest BCUT2D eigenvalue weighted by Gasteiger charge is 2.22. The van der Waals surface area contributed by atoms with E-state index in [9.17, 15) is 9.59 Å². The Morgan fingerprint density at radius 2 is 2.00 bits per heavy atom. The largest absolute Gasteiger partial charge is 0.465 e. The second-order valence-corrected chi connectivity index (χ2v) is 8.17. The Morgan fingerprint density at radius 1 is 1.29 bits per heavy atom. The number of aryl methyl sites for hydroxylation is 1. The summed E-state index contributed by atoms with van der Waals surface area (Å²) in [6.07, 6.45) is 1.72. The Bertz CT molecular complexity index is 1010. The number of anilines is 1. The van der Waals surface area contributed by atoms with E-state index in [4.69, 9.17) is 10.6 Å². The number of esters is 1. The summed E-state index contributed by atoms with van der Waals surface area (Å²) >= 11 is 2.58. The fourth-order valence-corrected chi connectivity index (χ4v) is 4.35. The monoisotopic (exact) mass is 416 g/mol. The Hall–Kier alpha value is -2.78. The molecule has 146 valence electrons. The smallest absolute Gasteiger partial charge is 0.341 e. The van der Waals surface area contributed by atoms with Crippen LogP contribution in [0.3, 0.4) is 0 Å². The molecule has 1 aromatic carbocycles. The molecule has 3 N–H and O–H groups in total. The summed E-state index contributed by atoms with van der Waals surface area (Å²) in [6.45, 7) is 3.73. The zero-order valence-corrected chi connectivity index (χ0v) is 17.3. The number of carbonyl (C=O) groups is 2. The summed E-state index contributed by atoms with van der Waals surface area (Å²) < 4.78 is 6.23. The van der Waals surface area contributed by atoms with Gasteiger partial charge in [0.15, 0.2) is 5.16 Å². The van der Waals surface area contributed by atoms with Gasteiger partial charge in [0, 0.05) is 10.4 Å². The van der Waals surface area contributed by atoms with Crippen LogP contribution in [0.15, 0.2) is 41.7 Å². The molecule has 1 amide bonds. The van der Waals surface area contributed by atoms with Gasteiger partial charge in [0.25, 0.3) is 0 Å². The van der Waals surface area contributed by atoms with Gasteiger partial charge >= 0.3 is 5.97 Å². The summed E-state index contributed by atoms with van der Waals surface area (Å²) in [4.78, 5) is 29.8. The van der Waals surface area contributed by atoms with Crippen molar-refractivity contribution in [3.05, 3.63) is 52.5 Å². The minimum absolute atomic E-state index is 0.110.